The maximum absolute atomic E-state index is 12.3. The van der Waals surface area contributed by atoms with Crippen molar-refractivity contribution in [2.45, 2.75) is 5.51 Å². The van der Waals surface area contributed by atoms with Crippen LogP contribution in [0.1, 0.15) is 0 Å². The molecule has 19 heavy (non-hydrogen) atoms. The van der Waals surface area contributed by atoms with Crippen LogP contribution in [0.25, 0.3) is 10.8 Å². The molecule has 2 rings (SSSR count). The summed E-state index contributed by atoms with van der Waals surface area (Å²) in [7, 11) is -5.67. The van der Waals surface area contributed by atoms with Gasteiger partial charge in [-0.2, -0.15) is 21.6 Å². The van der Waals surface area contributed by atoms with Gasteiger partial charge in [-0.3, -0.25) is 0 Å². The predicted octanol–water partition coefficient (Wildman–Crippen LogP) is 3.67. The van der Waals surface area contributed by atoms with E-state index in [0.29, 0.717) is 10.8 Å². The molecule has 0 aromatic heterocycles. The molecule has 0 fully saturated rings. The van der Waals surface area contributed by atoms with Crippen molar-refractivity contribution in [3.8, 4) is 5.75 Å². The molecule has 102 valence electrons. The number of hydrogen-bond donors (Lipinski definition) is 0. The molecule has 0 amide bonds. The third-order valence-corrected chi connectivity index (χ3v) is 4.11. The number of alkyl halides is 3. The first-order valence-electron chi connectivity index (χ1n) is 4.90. The third kappa shape index (κ3) is 2.78. The highest BCUT2D eigenvalue weighted by molar-refractivity contribution is 14.1. The van der Waals surface area contributed by atoms with Gasteiger partial charge in [0.25, 0.3) is 0 Å². The number of hydrogen-bond acceptors (Lipinski definition) is 3. The lowest BCUT2D eigenvalue weighted by atomic mass is 10.1. The molecule has 2 aromatic carbocycles. The predicted molar refractivity (Wildman–Crippen MR) is 72.3 cm³/mol. The lowest BCUT2D eigenvalue weighted by Crippen LogP contribution is -2.28. The molecule has 0 radical (unpaired) electrons. The molecular weight excluding hydrogens is 396 g/mol. The second kappa shape index (κ2) is 4.82. The van der Waals surface area contributed by atoms with Gasteiger partial charge in [-0.05, 0) is 34.0 Å². The fourth-order valence-electron chi connectivity index (χ4n) is 1.46. The Morgan fingerprint density at radius 2 is 1.68 bits per heavy atom. The minimum absolute atomic E-state index is 0.282. The summed E-state index contributed by atoms with van der Waals surface area (Å²) in [5.41, 5.74) is -5.45. The van der Waals surface area contributed by atoms with E-state index in [1.807, 2.05) is 0 Å². The van der Waals surface area contributed by atoms with Crippen LogP contribution in [0.4, 0.5) is 13.2 Å². The Kier molecular flexibility index (Phi) is 3.65. The Labute approximate surface area is 120 Å². The smallest absolute Gasteiger partial charge is 0.374 e. The Morgan fingerprint density at radius 1 is 1.05 bits per heavy atom. The first-order chi connectivity index (χ1) is 8.72. The average Bonchev–Trinajstić information content (AvgIpc) is 2.31. The summed E-state index contributed by atoms with van der Waals surface area (Å²) in [5, 5.41) is 0.900. The number of rotatable bonds is 2. The zero-order chi connectivity index (χ0) is 14.3. The van der Waals surface area contributed by atoms with E-state index in [1.54, 1.807) is 46.9 Å². The normalized spacial score (nSPS) is 12.6. The van der Waals surface area contributed by atoms with E-state index in [2.05, 4.69) is 4.18 Å². The van der Waals surface area contributed by atoms with Crippen LogP contribution in [0.2, 0.25) is 0 Å². The third-order valence-electron chi connectivity index (χ3n) is 2.31. The molecule has 3 nitrogen and oxygen atoms in total. The average molecular weight is 402 g/mol. The van der Waals surface area contributed by atoms with Gasteiger partial charge >= 0.3 is 15.6 Å². The minimum Gasteiger partial charge on any atom is -0.374 e. The Bertz CT molecular complexity index is 726. The van der Waals surface area contributed by atoms with Crippen molar-refractivity contribution in [2.24, 2.45) is 0 Å². The summed E-state index contributed by atoms with van der Waals surface area (Å²) < 4.78 is 63.7. The van der Waals surface area contributed by atoms with E-state index in [4.69, 9.17) is 0 Å². The molecule has 0 aliphatic carbocycles. The van der Waals surface area contributed by atoms with Crippen molar-refractivity contribution in [1.82, 2.24) is 0 Å². The second-order valence-corrected chi connectivity index (χ2v) is 6.28. The highest BCUT2D eigenvalue weighted by atomic mass is 127. The lowest BCUT2D eigenvalue weighted by Gasteiger charge is -2.12. The molecule has 0 N–H and O–H groups in total. The van der Waals surface area contributed by atoms with Crippen LogP contribution >= 0.6 is 22.6 Å². The quantitative estimate of drug-likeness (QED) is 0.438. The molecule has 2 aromatic rings. The van der Waals surface area contributed by atoms with Crippen molar-refractivity contribution in [2.75, 3.05) is 0 Å². The van der Waals surface area contributed by atoms with Crippen molar-refractivity contribution in [3.05, 3.63) is 40.0 Å². The topological polar surface area (TPSA) is 43.4 Å². The van der Waals surface area contributed by atoms with Gasteiger partial charge in [0.15, 0.2) is 5.75 Å². The van der Waals surface area contributed by atoms with Crippen LogP contribution in [0.3, 0.4) is 0 Å². The Balaban J connectivity index is 2.61. The fraction of sp³-hybridized carbons (Fsp3) is 0.0909. The molecule has 0 unspecified atom stereocenters. The minimum atomic E-state index is -5.67. The fourth-order valence-corrected chi connectivity index (χ4v) is 2.68. The van der Waals surface area contributed by atoms with Gasteiger partial charge < -0.3 is 4.18 Å². The van der Waals surface area contributed by atoms with Crippen LogP contribution in [0.5, 0.6) is 5.75 Å². The highest BCUT2D eigenvalue weighted by Crippen LogP contribution is 2.35. The molecular formula is C11H6F3IO3S. The van der Waals surface area contributed by atoms with Crippen LogP contribution < -0.4 is 4.18 Å². The molecule has 0 atom stereocenters. The van der Waals surface area contributed by atoms with Crippen LogP contribution in [0, 0.1) is 3.57 Å². The van der Waals surface area contributed by atoms with Gasteiger partial charge in [0.05, 0.1) is 3.57 Å². The zero-order valence-electron chi connectivity index (χ0n) is 9.11. The van der Waals surface area contributed by atoms with Crippen molar-refractivity contribution in [3.63, 3.8) is 0 Å². The van der Waals surface area contributed by atoms with E-state index >= 15 is 0 Å². The van der Waals surface area contributed by atoms with Gasteiger partial charge in [-0.1, -0.05) is 30.3 Å². The number of fused-ring (bicyclic) bond motifs is 1. The Hall–Kier alpha value is -1.03. The van der Waals surface area contributed by atoms with Crippen molar-refractivity contribution in [1.29, 1.82) is 0 Å². The van der Waals surface area contributed by atoms with Gasteiger partial charge in [0, 0.05) is 5.39 Å². The van der Waals surface area contributed by atoms with E-state index in [0.717, 1.165) is 0 Å². The van der Waals surface area contributed by atoms with Gasteiger partial charge in [-0.15, -0.1) is 0 Å². The van der Waals surface area contributed by atoms with Crippen molar-refractivity contribution >= 4 is 43.5 Å². The molecule has 8 heteroatoms. The lowest BCUT2D eigenvalue weighted by molar-refractivity contribution is -0.0499. The summed E-state index contributed by atoms with van der Waals surface area (Å²) in [6.45, 7) is 0. The maximum Gasteiger partial charge on any atom is 0.534 e. The summed E-state index contributed by atoms with van der Waals surface area (Å²) in [4.78, 5) is 0. The Morgan fingerprint density at radius 3 is 2.32 bits per heavy atom. The molecule has 0 saturated heterocycles. The van der Waals surface area contributed by atoms with Gasteiger partial charge in [0.1, 0.15) is 0 Å². The summed E-state index contributed by atoms with van der Waals surface area (Å²) in [6, 6.07) is 9.59. The molecule has 0 aliphatic heterocycles. The van der Waals surface area contributed by atoms with E-state index in [1.165, 1.54) is 12.1 Å². The largest absolute Gasteiger partial charge is 0.534 e. The first-order valence-corrected chi connectivity index (χ1v) is 7.39. The molecule has 0 bridgehead atoms. The molecule has 0 heterocycles. The summed E-state index contributed by atoms with van der Waals surface area (Å²) in [5.74, 6) is -0.309. The van der Waals surface area contributed by atoms with E-state index in [-0.39, 0.29) is 9.32 Å². The second-order valence-electron chi connectivity index (χ2n) is 3.58. The van der Waals surface area contributed by atoms with Crippen LogP contribution in [0.15, 0.2) is 36.4 Å². The van der Waals surface area contributed by atoms with Gasteiger partial charge in [0.2, 0.25) is 0 Å². The zero-order valence-corrected chi connectivity index (χ0v) is 12.1. The monoisotopic (exact) mass is 402 g/mol. The molecule has 0 aliphatic rings. The van der Waals surface area contributed by atoms with Crippen LogP contribution in [-0.4, -0.2) is 13.9 Å². The number of halogens is 4. The summed E-state index contributed by atoms with van der Waals surface area (Å²) >= 11 is 1.72. The summed E-state index contributed by atoms with van der Waals surface area (Å²) in [6.07, 6.45) is 0. The van der Waals surface area contributed by atoms with Gasteiger partial charge in [-0.25, -0.2) is 0 Å². The standard InChI is InChI=1S/C11H6F3IO3S/c12-11(13,14)19(16,17)18-10-8-4-2-1-3-7(8)5-6-9(10)15/h1-6H. The first kappa shape index (κ1) is 14.4. The number of benzene rings is 2. The van der Waals surface area contributed by atoms with Crippen LogP contribution in [-0.2, 0) is 10.1 Å². The molecule has 0 spiro atoms. The van der Waals surface area contributed by atoms with E-state index < -0.39 is 15.6 Å². The SMILES string of the molecule is O=S(=O)(Oc1c(I)ccc2ccccc12)C(F)(F)F. The van der Waals surface area contributed by atoms with E-state index in [9.17, 15) is 21.6 Å². The van der Waals surface area contributed by atoms with Crippen molar-refractivity contribution < 1.29 is 25.8 Å². The maximum atomic E-state index is 12.3. The molecule has 0 saturated carbocycles. The highest BCUT2D eigenvalue weighted by Gasteiger charge is 2.49.